The molecular formula is C16H15N2. The molecule has 0 saturated carbocycles. The van der Waals surface area contributed by atoms with Crippen LogP contribution >= 0.6 is 0 Å². The van der Waals surface area contributed by atoms with Crippen molar-refractivity contribution in [2.75, 3.05) is 0 Å². The molecule has 0 bridgehead atoms. The van der Waals surface area contributed by atoms with Crippen LogP contribution in [0.4, 0.5) is 0 Å². The molecule has 0 fully saturated rings. The van der Waals surface area contributed by atoms with Crippen LogP contribution in [0.3, 0.4) is 0 Å². The molecule has 3 rings (SSSR count). The van der Waals surface area contributed by atoms with Gasteiger partial charge in [-0.1, -0.05) is 49.4 Å². The van der Waals surface area contributed by atoms with Crippen LogP contribution in [0.5, 0.6) is 0 Å². The summed E-state index contributed by atoms with van der Waals surface area (Å²) < 4.78 is 0. The van der Waals surface area contributed by atoms with E-state index in [-0.39, 0.29) is 0 Å². The van der Waals surface area contributed by atoms with Gasteiger partial charge in [0.2, 0.25) is 0 Å². The van der Waals surface area contributed by atoms with Crippen molar-refractivity contribution in [3.63, 3.8) is 0 Å². The highest BCUT2D eigenvalue weighted by atomic mass is 15.1. The molecule has 1 aromatic heterocycles. The second-order valence-corrected chi connectivity index (χ2v) is 4.47. The largest absolute Gasteiger partial charge is 0.278 e. The number of nitrogens with one attached hydrogen (secondary N) is 1. The molecule has 0 aliphatic carbocycles. The zero-order valence-electron chi connectivity index (χ0n) is 10.1. The summed E-state index contributed by atoms with van der Waals surface area (Å²) in [4.78, 5) is 0. The minimum Gasteiger partial charge on any atom is -0.278 e. The number of rotatable bonds is 3. The highest BCUT2D eigenvalue weighted by molar-refractivity contribution is 5.78. The van der Waals surface area contributed by atoms with Gasteiger partial charge in [-0.15, -0.1) is 0 Å². The highest BCUT2D eigenvalue weighted by Gasteiger charge is 2.12. The third-order valence-corrected chi connectivity index (χ3v) is 3.36. The summed E-state index contributed by atoms with van der Waals surface area (Å²) in [5, 5.41) is 8.23. The van der Waals surface area contributed by atoms with Crippen LogP contribution in [-0.4, -0.2) is 10.2 Å². The van der Waals surface area contributed by atoms with E-state index in [2.05, 4.69) is 59.6 Å². The van der Waals surface area contributed by atoms with Gasteiger partial charge in [-0.3, -0.25) is 5.10 Å². The maximum atomic E-state index is 4.08. The maximum Gasteiger partial charge on any atom is 0.0653 e. The van der Waals surface area contributed by atoms with Gasteiger partial charge in [-0.25, -0.2) is 0 Å². The molecule has 1 heterocycles. The van der Waals surface area contributed by atoms with Crippen LogP contribution in [0.15, 0.2) is 54.7 Å². The molecular weight excluding hydrogens is 220 g/mol. The van der Waals surface area contributed by atoms with Crippen LogP contribution in [0.25, 0.3) is 10.9 Å². The lowest BCUT2D eigenvalue weighted by Gasteiger charge is -2.15. The lowest BCUT2D eigenvalue weighted by Crippen LogP contribution is -1.99. The molecule has 1 radical (unpaired) electrons. The molecule has 2 nitrogen and oxygen atoms in total. The topological polar surface area (TPSA) is 28.7 Å². The summed E-state index contributed by atoms with van der Waals surface area (Å²) in [7, 11) is 0. The number of fused-ring (bicyclic) bond motifs is 1. The monoisotopic (exact) mass is 235 g/mol. The average molecular weight is 235 g/mol. The van der Waals surface area contributed by atoms with Crippen molar-refractivity contribution in [1.29, 1.82) is 0 Å². The Labute approximate surface area is 107 Å². The second kappa shape index (κ2) is 4.65. The first-order valence-electron chi connectivity index (χ1n) is 6.15. The third kappa shape index (κ3) is 1.90. The Balaban J connectivity index is 2.05. The molecule has 89 valence electrons. The zero-order chi connectivity index (χ0) is 12.4. The molecule has 0 aliphatic rings. The fourth-order valence-electron chi connectivity index (χ4n) is 2.38. The quantitative estimate of drug-likeness (QED) is 0.732. The van der Waals surface area contributed by atoms with Crippen molar-refractivity contribution < 1.29 is 0 Å². The molecule has 1 unspecified atom stereocenters. The van der Waals surface area contributed by atoms with E-state index in [0.717, 1.165) is 17.3 Å². The van der Waals surface area contributed by atoms with Crippen molar-refractivity contribution in [2.45, 2.75) is 12.3 Å². The van der Waals surface area contributed by atoms with Gasteiger partial charge < -0.3 is 0 Å². The average Bonchev–Trinajstić information content (AvgIpc) is 2.88. The number of aromatic nitrogens is 2. The Hall–Kier alpha value is -2.09. The van der Waals surface area contributed by atoms with Crippen LogP contribution in [0.1, 0.15) is 23.5 Å². The Morgan fingerprint density at radius 2 is 1.89 bits per heavy atom. The SMILES string of the molecule is [CH2]CC(c1ccccc1)c1ccc2cn[nH]c2c1. The van der Waals surface area contributed by atoms with Gasteiger partial charge in [-0.05, 0) is 23.6 Å². The summed E-state index contributed by atoms with van der Waals surface area (Å²) in [5.41, 5.74) is 3.68. The molecule has 3 aromatic rings. The fraction of sp³-hybridized carbons (Fsp3) is 0.125. The van der Waals surface area contributed by atoms with Crippen LogP contribution in [0, 0.1) is 6.92 Å². The first-order chi connectivity index (χ1) is 8.88. The highest BCUT2D eigenvalue weighted by Crippen LogP contribution is 2.29. The molecule has 0 aliphatic heterocycles. The lowest BCUT2D eigenvalue weighted by atomic mass is 9.89. The number of aromatic amines is 1. The second-order valence-electron chi connectivity index (χ2n) is 4.47. The van der Waals surface area contributed by atoms with Gasteiger partial charge in [0.25, 0.3) is 0 Å². The molecule has 0 spiro atoms. The number of H-pyrrole nitrogens is 1. The molecule has 1 atom stereocenters. The minimum atomic E-state index is 0.346. The van der Waals surface area contributed by atoms with Gasteiger partial charge in [0, 0.05) is 11.3 Å². The van der Waals surface area contributed by atoms with Crippen LogP contribution in [0.2, 0.25) is 0 Å². The maximum absolute atomic E-state index is 4.08. The van der Waals surface area contributed by atoms with Crippen LogP contribution < -0.4 is 0 Å². The van der Waals surface area contributed by atoms with E-state index in [1.807, 2.05) is 12.3 Å². The summed E-state index contributed by atoms with van der Waals surface area (Å²) in [5.74, 6) is 0.346. The summed E-state index contributed by atoms with van der Waals surface area (Å²) in [6.45, 7) is 4.08. The first kappa shape index (κ1) is 11.0. The van der Waals surface area contributed by atoms with Crippen molar-refractivity contribution in [3.05, 3.63) is 72.8 Å². The normalized spacial score (nSPS) is 12.7. The molecule has 2 heteroatoms. The van der Waals surface area contributed by atoms with Gasteiger partial charge >= 0.3 is 0 Å². The van der Waals surface area contributed by atoms with E-state index in [1.54, 1.807) is 0 Å². The van der Waals surface area contributed by atoms with Crippen molar-refractivity contribution in [1.82, 2.24) is 10.2 Å². The smallest absolute Gasteiger partial charge is 0.0653 e. The molecule has 2 aromatic carbocycles. The Morgan fingerprint density at radius 1 is 1.06 bits per heavy atom. The Morgan fingerprint density at radius 3 is 2.67 bits per heavy atom. The summed E-state index contributed by atoms with van der Waals surface area (Å²) in [6.07, 6.45) is 2.70. The van der Waals surface area contributed by atoms with Gasteiger partial charge in [0.1, 0.15) is 0 Å². The first-order valence-corrected chi connectivity index (χ1v) is 6.15. The van der Waals surface area contributed by atoms with E-state index < -0.39 is 0 Å². The molecule has 0 amide bonds. The van der Waals surface area contributed by atoms with E-state index in [9.17, 15) is 0 Å². The van der Waals surface area contributed by atoms with E-state index in [0.29, 0.717) is 5.92 Å². The Kier molecular flexibility index (Phi) is 2.85. The zero-order valence-corrected chi connectivity index (χ0v) is 10.1. The van der Waals surface area contributed by atoms with Gasteiger partial charge in [0.15, 0.2) is 0 Å². The lowest BCUT2D eigenvalue weighted by molar-refractivity contribution is 0.828. The minimum absolute atomic E-state index is 0.346. The summed E-state index contributed by atoms with van der Waals surface area (Å²) in [6, 6.07) is 17.0. The van der Waals surface area contributed by atoms with Crippen molar-refractivity contribution >= 4 is 10.9 Å². The number of benzene rings is 2. The van der Waals surface area contributed by atoms with E-state index in [1.165, 1.54) is 11.1 Å². The predicted molar refractivity (Wildman–Crippen MR) is 74.4 cm³/mol. The molecule has 0 saturated heterocycles. The van der Waals surface area contributed by atoms with Crippen molar-refractivity contribution in [2.24, 2.45) is 0 Å². The van der Waals surface area contributed by atoms with Gasteiger partial charge in [0.05, 0.1) is 11.7 Å². The number of nitrogens with zero attached hydrogens (tertiary/aromatic N) is 1. The van der Waals surface area contributed by atoms with E-state index >= 15 is 0 Å². The van der Waals surface area contributed by atoms with E-state index in [4.69, 9.17) is 0 Å². The Bertz CT molecular complexity index is 640. The predicted octanol–water partition coefficient (Wildman–Crippen LogP) is 3.92. The summed E-state index contributed by atoms with van der Waals surface area (Å²) >= 11 is 0. The molecule has 18 heavy (non-hydrogen) atoms. The number of hydrogen-bond acceptors (Lipinski definition) is 1. The van der Waals surface area contributed by atoms with Crippen molar-refractivity contribution in [3.8, 4) is 0 Å². The fourth-order valence-corrected chi connectivity index (χ4v) is 2.38. The standard InChI is InChI=1S/C16H15N2/c1-2-15(12-6-4-3-5-7-12)13-8-9-14-11-17-18-16(14)10-13/h3-11,15H,1-2H2,(H,17,18). The third-order valence-electron chi connectivity index (χ3n) is 3.36. The van der Waals surface area contributed by atoms with Crippen LogP contribution in [-0.2, 0) is 0 Å². The molecule has 1 N–H and O–H groups in total. The number of hydrogen-bond donors (Lipinski definition) is 1. The van der Waals surface area contributed by atoms with Gasteiger partial charge in [-0.2, -0.15) is 5.10 Å².